The van der Waals surface area contributed by atoms with Crippen molar-refractivity contribution in [2.45, 2.75) is 6.92 Å². The van der Waals surface area contributed by atoms with Crippen LogP contribution in [0.3, 0.4) is 0 Å². The molecule has 0 radical (unpaired) electrons. The first-order valence-electron chi connectivity index (χ1n) is 2.91. The Balaban J connectivity index is 4.17. The molecular formula is C5H10O4. The monoisotopic (exact) mass is 135 g/mol. The van der Waals surface area contributed by atoms with Gasteiger partial charge in [0.15, 0.2) is 0 Å². The molecule has 4 heteroatoms. The van der Waals surface area contributed by atoms with Crippen molar-refractivity contribution >= 4 is 5.97 Å². The highest BCUT2D eigenvalue weighted by molar-refractivity contribution is 5.74. The Morgan fingerprint density at radius 1 is 1.67 bits per heavy atom. The number of carbonyl (C=O) groups is 1. The summed E-state index contributed by atoms with van der Waals surface area (Å²) in [5.41, 5.74) is -1.35. The first kappa shape index (κ1) is 6.51. The first-order chi connectivity index (χ1) is 4.60. The minimum absolute atomic E-state index is 0.527. The second-order valence-corrected chi connectivity index (χ2v) is 2.16. The Labute approximate surface area is 54.2 Å². The number of aliphatic hydroxyl groups is 2. The molecule has 0 fully saturated rings. The molecule has 54 valence electrons. The lowest BCUT2D eigenvalue weighted by molar-refractivity contribution is -0.152. The highest BCUT2D eigenvalue weighted by atomic mass is 16.4. The van der Waals surface area contributed by atoms with E-state index in [2.05, 4.69) is 5.11 Å². The van der Waals surface area contributed by atoms with E-state index in [1.165, 1.54) is 6.92 Å². The van der Waals surface area contributed by atoms with E-state index in [-0.39, 0.29) is 0 Å². The molecule has 0 aromatic rings. The van der Waals surface area contributed by atoms with Gasteiger partial charge in [0, 0.05) is 0 Å². The van der Waals surface area contributed by atoms with Gasteiger partial charge in [0.05, 0.1) is 13.2 Å². The van der Waals surface area contributed by atoms with Gasteiger partial charge in [0.2, 0.25) is 0 Å². The third-order valence-corrected chi connectivity index (χ3v) is 1.19. The van der Waals surface area contributed by atoms with Crippen molar-refractivity contribution < 1.29 is 20.1 Å². The zero-order valence-corrected chi connectivity index (χ0v) is 5.13. The van der Waals surface area contributed by atoms with Crippen LogP contribution in [0.2, 0.25) is 0 Å². The number of carboxylic acid groups (broad SMARTS) is 1. The van der Waals surface area contributed by atoms with Gasteiger partial charge in [-0.05, 0) is 6.92 Å². The minimum Gasteiger partial charge on any atom is -0.481 e. The molecule has 0 aromatic carbocycles. The van der Waals surface area contributed by atoms with Crippen LogP contribution in [0.25, 0.3) is 1.43 Å². The van der Waals surface area contributed by atoms with Gasteiger partial charge in [0.25, 0.3) is 1.43 Å². The van der Waals surface area contributed by atoms with E-state index in [1.807, 2.05) is 0 Å². The van der Waals surface area contributed by atoms with Crippen LogP contribution < -0.4 is 0 Å². The molecule has 0 unspecified atom stereocenters. The van der Waals surface area contributed by atoms with E-state index >= 15 is 0 Å². The third kappa shape index (κ3) is 1.65. The maximum atomic E-state index is 10.6. The summed E-state index contributed by atoms with van der Waals surface area (Å²) in [6.07, 6.45) is 0. The first-order valence-corrected chi connectivity index (χ1v) is 2.50. The standard InChI is InChI=1S/C5H10O4/c1-5(2-6,3-7)4(8)9/h6-7H,2-3H2,1H3,(H,8,9)/i/hD. The van der Waals surface area contributed by atoms with Crippen molar-refractivity contribution in [2.75, 3.05) is 13.2 Å². The lowest BCUT2D eigenvalue weighted by Gasteiger charge is -2.17. The summed E-state index contributed by atoms with van der Waals surface area (Å²) in [5, 5.41) is 20.7. The smallest absolute Gasteiger partial charge is 0.314 e. The fourth-order valence-corrected chi connectivity index (χ4v) is 0.179. The maximum absolute atomic E-state index is 10.6. The fourth-order valence-electron chi connectivity index (χ4n) is 0.179. The molecule has 0 saturated carbocycles. The molecule has 0 aliphatic carbocycles. The zero-order valence-electron chi connectivity index (χ0n) is 6.13. The minimum atomic E-state index is -1.35. The van der Waals surface area contributed by atoms with Crippen molar-refractivity contribution in [1.82, 2.24) is 0 Å². The molecule has 4 nitrogen and oxygen atoms in total. The van der Waals surface area contributed by atoms with Gasteiger partial charge in [-0.1, -0.05) is 0 Å². The van der Waals surface area contributed by atoms with Gasteiger partial charge in [0.1, 0.15) is 5.41 Å². The molecule has 0 aromatic heterocycles. The molecule has 0 bridgehead atoms. The third-order valence-electron chi connectivity index (χ3n) is 1.19. The lowest BCUT2D eigenvalue weighted by atomic mass is 9.94. The van der Waals surface area contributed by atoms with Crippen LogP contribution in [0.1, 0.15) is 6.92 Å². The summed E-state index contributed by atoms with van der Waals surface area (Å²) in [6, 6.07) is 0. The van der Waals surface area contributed by atoms with Crippen molar-refractivity contribution in [3.8, 4) is 0 Å². The highest BCUT2D eigenvalue weighted by Crippen LogP contribution is 2.12. The molecule has 0 rings (SSSR count). The topological polar surface area (TPSA) is 77.8 Å². The zero-order chi connectivity index (χ0) is 8.20. The van der Waals surface area contributed by atoms with Crippen LogP contribution in [0.4, 0.5) is 0 Å². The lowest BCUT2D eigenvalue weighted by Crippen LogP contribution is -2.35. The van der Waals surface area contributed by atoms with Crippen LogP contribution in [0.5, 0.6) is 0 Å². The van der Waals surface area contributed by atoms with Crippen molar-refractivity contribution in [2.24, 2.45) is 5.41 Å². The molecule has 0 atom stereocenters. The fraction of sp³-hybridized carbons (Fsp3) is 0.800. The van der Waals surface area contributed by atoms with Crippen LogP contribution in [-0.2, 0) is 4.79 Å². The van der Waals surface area contributed by atoms with Crippen LogP contribution in [0.15, 0.2) is 0 Å². The van der Waals surface area contributed by atoms with Gasteiger partial charge in [-0.3, -0.25) is 4.79 Å². The average molecular weight is 135 g/mol. The Bertz CT molecular complexity index is 121. The predicted molar refractivity (Wildman–Crippen MR) is 29.9 cm³/mol. The van der Waals surface area contributed by atoms with Gasteiger partial charge in [-0.15, -0.1) is 0 Å². The maximum Gasteiger partial charge on any atom is 0.314 e. The van der Waals surface area contributed by atoms with E-state index in [4.69, 9.17) is 11.6 Å². The number of aliphatic carboxylic acids is 1. The van der Waals surface area contributed by atoms with Gasteiger partial charge >= 0.3 is 5.97 Å². The average Bonchev–Trinajstić information content (AvgIpc) is 2.01. The summed E-state index contributed by atoms with van der Waals surface area (Å²) in [7, 11) is 0. The number of carboxylic acids is 1. The van der Waals surface area contributed by atoms with Crippen LogP contribution in [0, 0.1) is 5.41 Å². The molecule has 0 aliphatic heterocycles. The Morgan fingerprint density at radius 3 is 2.22 bits per heavy atom. The normalized spacial score (nSPS) is 12.6. The summed E-state index contributed by atoms with van der Waals surface area (Å²) < 4.78 is 6.20. The van der Waals surface area contributed by atoms with Crippen molar-refractivity contribution in [3.05, 3.63) is 0 Å². The molecule has 0 aliphatic rings. The van der Waals surface area contributed by atoms with Crippen molar-refractivity contribution in [3.63, 3.8) is 0 Å². The summed E-state index contributed by atoms with van der Waals surface area (Å²) in [5.74, 6) is -0.933. The molecule has 9 heavy (non-hydrogen) atoms. The molecule has 0 heterocycles. The molecular weight excluding hydrogens is 124 g/mol. The number of hydrogen-bond donors (Lipinski definition) is 3. The Morgan fingerprint density at radius 2 is 2.11 bits per heavy atom. The SMILES string of the molecule is [2H]OC(=O)C(C)(CO)CO. The molecule has 0 spiro atoms. The quantitative estimate of drug-likeness (QED) is 0.467. The van der Waals surface area contributed by atoms with E-state index in [0.29, 0.717) is 0 Å². The van der Waals surface area contributed by atoms with E-state index in [1.54, 1.807) is 0 Å². The molecule has 3 N–H and O–H groups in total. The predicted octanol–water partition coefficient (Wildman–Crippen LogP) is -0.938. The van der Waals surface area contributed by atoms with E-state index in [9.17, 15) is 4.79 Å². The largest absolute Gasteiger partial charge is 0.481 e. The Kier molecular flexibility index (Phi) is 2.02. The van der Waals surface area contributed by atoms with Gasteiger partial charge in [-0.2, -0.15) is 0 Å². The number of hydrogen-bond acceptors (Lipinski definition) is 4. The van der Waals surface area contributed by atoms with Gasteiger partial charge < -0.3 is 15.3 Å². The number of aliphatic hydroxyl groups excluding tert-OH is 2. The van der Waals surface area contributed by atoms with Crippen LogP contribution in [-0.4, -0.2) is 34.5 Å². The summed E-state index contributed by atoms with van der Waals surface area (Å²) in [6.45, 7) is 0.256. The summed E-state index contributed by atoms with van der Waals surface area (Å²) in [4.78, 5) is 10.6. The number of rotatable bonds is 3. The second kappa shape index (κ2) is 2.80. The van der Waals surface area contributed by atoms with Gasteiger partial charge in [-0.25, -0.2) is 0 Å². The second-order valence-electron chi connectivity index (χ2n) is 2.16. The highest BCUT2D eigenvalue weighted by Gasteiger charge is 2.31. The van der Waals surface area contributed by atoms with E-state index in [0.717, 1.165) is 0 Å². The Hall–Kier alpha value is -0.610. The van der Waals surface area contributed by atoms with E-state index < -0.39 is 24.6 Å². The van der Waals surface area contributed by atoms with Crippen LogP contribution >= 0.6 is 0 Å². The van der Waals surface area contributed by atoms with Crippen molar-refractivity contribution in [1.29, 1.82) is 1.43 Å². The molecule has 0 amide bonds. The summed E-state index contributed by atoms with van der Waals surface area (Å²) >= 11 is 0. The molecule has 0 saturated heterocycles.